The maximum Gasteiger partial charge on any atom is 0.143 e. The van der Waals surface area contributed by atoms with Gasteiger partial charge in [-0.15, -0.1) is 0 Å². The van der Waals surface area contributed by atoms with E-state index >= 15 is 0 Å². The number of benzene rings is 2. The van der Waals surface area contributed by atoms with Crippen LogP contribution in [0.1, 0.15) is 36.5 Å². The minimum Gasteiger partial charge on any atom is -0.490 e. The van der Waals surface area contributed by atoms with Crippen LogP contribution in [0.25, 0.3) is 0 Å². The van der Waals surface area contributed by atoms with E-state index in [1.807, 2.05) is 18.2 Å². The monoisotopic (exact) mass is 297 g/mol. The first kappa shape index (κ1) is 14.9. The smallest absolute Gasteiger partial charge is 0.143 e. The van der Waals surface area contributed by atoms with Gasteiger partial charge < -0.3 is 14.7 Å². The van der Waals surface area contributed by atoms with E-state index in [4.69, 9.17) is 4.74 Å². The van der Waals surface area contributed by atoms with Gasteiger partial charge in [-0.05, 0) is 34.7 Å². The summed E-state index contributed by atoms with van der Waals surface area (Å²) in [6.45, 7) is 6.93. The second-order valence-electron chi connectivity index (χ2n) is 6.13. The molecule has 1 aliphatic rings. The number of nitrogens with zero attached hydrogens (tertiary/aromatic N) is 1. The summed E-state index contributed by atoms with van der Waals surface area (Å²) in [6, 6.07) is 14.8. The Kier molecular flexibility index (Phi) is 4.34. The van der Waals surface area contributed by atoms with Gasteiger partial charge in [0, 0.05) is 6.54 Å². The summed E-state index contributed by atoms with van der Waals surface area (Å²) in [6.07, 6.45) is 0. The molecule has 22 heavy (non-hydrogen) atoms. The Morgan fingerprint density at radius 2 is 1.82 bits per heavy atom. The first-order chi connectivity index (χ1) is 10.7. The van der Waals surface area contributed by atoms with Crippen molar-refractivity contribution in [1.82, 2.24) is 0 Å². The number of aliphatic hydroxyl groups excluding tert-OH is 1. The zero-order valence-electron chi connectivity index (χ0n) is 13.2. The van der Waals surface area contributed by atoms with Gasteiger partial charge in [-0.25, -0.2) is 0 Å². The molecule has 3 heteroatoms. The number of hydrogen-bond donors (Lipinski definition) is 1. The maximum absolute atomic E-state index is 9.24. The number of rotatable bonds is 4. The van der Waals surface area contributed by atoms with Crippen molar-refractivity contribution in [3.8, 4) is 5.75 Å². The molecule has 0 fully saturated rings. The van der Waals surface area contributed by atoms with Crippen molar-refractivity contribution >= 4 is 5.69 Å². The molecule has 3 rings (SSSR count). The van der Waals surface area contributed by atoms with E-state index < -0.39 is 0 Å². The number of aliphatic hydroxyl groups is 1. The van der Waals surface area contributed by atoms with Crippen molar-refractivity contribution in [3.63, 3.8) is 0 Å². The molecule has 1 N–H and O–H groups in total. The number of ether oxygens (including phenoxy) is 1. The van der Waals surface area contributed by atoms with E-state index in [2.05, 4.69) is 43.0 Å². The highest BCUT2D eigenvalue weighted by Gasteiger charge is 2.18. The molecule has 0 unspecified atom stereocenters. The van der Waals surface area contributed by atoms with Crippen LogP contribution in [-0.2, 0) is 13.2 Å². The summed E-state index contributed by atoms with van der Waals surface area (Å²) in [7, 11) is 0. The van der Waals surface area contributed by atoms with Crippen LogP contribution in [0.2, 0.25) is 0 Å². The normalized spacial score (nSPS) is 13.9. The third-order valence-corrected chi connectivity index (χ3v) is 4.19. The summed E-state index contributed by atoms with van der Waals surface area (Å²) < 4.78 is 5.73. The van der Waals surface area contributed by atoms with Gasteiger partial charge in [0.05, 0.1) is 18.8 Å². The molecule has 0 atom stereocenters. The highest BCUT2D eigenvalue weighted by molar-refractivity contribution is 5.61. The molecule has 2 aromatic rings. The van der Waals surface area contributed by atoms with Crippen LogP contribution in [0.3, 0.4) is 0 Å². The van der Waals surface area contributed by atoms with Gasteiger partial charge >= 0.3 is 0 Å². The molecule has 0 saturated carbocycles. The maximum atomic E-state index is 9.24. The van der Waals surface area contributed by atoms with Crippen LogP contribution in [0.15, 0.2) is 42.5 Å². The lowest BCUT2D eigenvalue weighted by atomic mass is 10.0. The average Bonchev–Trinajstić information content (AvgIpc) is 2.55. The van der Waals surface area contributed by atoms with E-state index in [-0.39, 0.29) is 6.61 Å². The lowest BCUT2D eigenvalue weighted by molar-refractivity contribution is 0.278. The summed E-state index contributed by atoms with van der Waals surface area (Å²) in [5.41, 5.74) is 4.68. The molecule has 0 saturated heterocycles. The van der Waals surface area contributed by atoms with Crippen LogP contribution in [0, 0.1) is 0 Å². The van der Waals surface area contributed by atoms with E-state index in [1.165, 1.54) is 11.1 Å². The highest BCUT2D eigenvalue weighted by atomic mass is 16.5. The quantitative estimate of drug-likeness (QED) is 0.934. The van der Waals surface area contributed by atoms with Gasteiger partial charge in [0.2, 0.25) is 0 Å². The Hall–Kier alpha value is -2.00. The van der Waals surface area contributed by atoms with E-state index in [1.54, 1.807) is 0 Å². The van der Waals surface area contributed by atoms with Crippen molar-refractivity contribution in [2.45, 2.75) is 32.9 Å². The van der Waals surface area contributed by atoms with Crippen molar-refractivity contribution in [2.24, 2.45) is 0 Å². The van der Waals surface area contributed by atoms with E-state index in [0.29, 0.717) is 12.5 Å². The molecule has 1 heterocycles. The third kappa shape index (κ3) is 3.09. The van der Waals surface area contributed by atoms with Crippen LogP contribution < -0.4 is 9.64 Å². The van der Waals surface area contributed by atoms with Gasteiger partial charge in [-0.2, -0.15) is 0 Å². The van der Waals surface area contributed by atoms with Gasteiger partial charge in [0.15, 0.2) is 0 Å². The molecule has 2 aromatic carbocycles. The summed E-state index contributed by atoms with van der Waals surface area (Å²) in [5.74, 6) is 1.44. The lowest BCUT2D eigenvalue weighted by Crippen LogP contribution is -2.32. The fourth-order valence-electron chi connectivity index (χ4n) is 2.81. The first-order valence-corrected chi connectivity index (χ1v) is 7.87. The summed E-state index contributed by atoms with van der Waals surface area (Å²) >= 11 is 0. The fourth-order valence-corrected chi connectivity index (χ4v) is 2.81. The minimum absolute atomic E-state index is 0.0489. The van der Waals surface area contributed by atoms with Gasteiger partial charge in [0.1, 0.15) is 12.4 Å². The molecule has 1 aliphatic heterocycles. The van der Waals surface area contributed by atoms with E-state index in [9.17, 15) is 5.11 Å². The molecular weight excluding hydrogens is 274 g/mol. The largest absolute Gasteiger partial charge is 0.490 e. The molecule has 0 spiro atoms. The number of anilines is 1. The van der Waals surface area contributed by atoms with Crippen LogP contribution >= 0.6 is 0 Å². The zero-order valence-corrected chi connectivity index (χ0v) is 13.2. The number of fused-ring (bicyclic) bond motifs is 1. The Balaban J connectivity index is 1.79. The molecule has 116 valence electrons. The second kappa shape index (κ2) is 6.41. The Bertz CT molecular complexity index is 634. The Morgan fingerprint density at radius 1 is 1.09 bits per heavy atom. The Labute approximate surface area is 132 Å². The zero-order chi connectivity index (χ0) is 15.5. The molecular formula is C19H23NO2. The standard InChI is InChI=1S/C19H23NO2/c1-14(2)17-6-3-15(4-7-17)12-20-9-10-22-19-11-16(13-21)5-8-18(19)20/h3-8,11,14,21H,9-10,12-13H2,1-2H3. The molecule has 0 aliphatic carbocycles. The lowest BCUT2D eigenvalue weighted by Gasteiger charge is -2.31. The van der Waals surface area contributed by atoms with Crippen LogP contribution in [-0.4, -0.2) is 18.3 Å². The molecule has 0 radical (unpaired) electrons. The topological polar surface area (TPSA) is 32.7 Å². The fraction of sp³-hybridized carbons (Fsp3) is 0.368. The van der Waals surface area contributed by atoms with Crippen molar-refractivity contribution in [2.75, 3.05) is 18.1 Å². The SMILES string of the molecule is CC(C)c1ccc(CN2CCOc3cc(CO)ccc32)cc1. The van der Waals surface area contributed by atoms with Gasteiger partial charge in [-0.1, -0.05) is 44.2 Å². The van der Waals surface area contributed by atoms with Crippen molar-refractivity contribution < 1.29 is 9.84 Å². The van der Waals surface area contributed by atoms with Crippen LogP contribution in [0.4, 0.5) is 5.69 Å². The van der Waals surface area contributed by atoms with Gasteiger partial charge in [-0.3, -0.25) is 0 Å². The predicted molar refractivity (Wildman–Crippen MR) is 89.4 cm³/mol. The second-order valence-corrected chi connectivity index (χ2v) is 6.13. The third-order valence-electron chi connectivity index (χ3n) is 4.19. The molecule has 0 bridgehead atoms. The molecule has 0 aromatic heterocycles. The minimum atomic E-state index is 0.0489. The van der Waals surface area contributed by atoms with Crippen molar-refractivity contribution in [3.05, 3.63) is 59.2 Å². The summed E-state index contributed by atoms with van der Waals surface area (Å²) in [4.78, 5) is 2.34. The highest BCUT2D eigenvalue weighted by Crippen LogP contribution is 2.33. The molecule has 3 nitrogen and oxygen atoms in total. The van der Waals surface area contributed by atoms with Gasteiger partial charge in [0.25, 0.3) is 0 Å². The van der Waals surface area contributed by atoms with E-state index in [0.717, 1.165) is 30.1 Å². The van der Waals surface area contributed by atoms with Crippen molar-refractivity contribution in [1.29, 1.82) is 0 Å². The number of hydrogen-bond acceptors (Lipinski definition) is 3. The first-order valence-electron chi connectivity index (χ1n) is 7.87. The molecule has 0 amide bonds. The van der Waals surface area contributed by atoms with Crippen LogP contribution in [0.5, 0.6) is 5.75 Å². The predicted octanol–water partition coefficient (Wildman–Crippen LogP) is 3.70. The Morgan fingerprint density at radius 3 is 2.50 bits per heavy atom. The summed E-state index contributed by atoms with van der Waals surface area (Å²) in [5, 5.41) is 9.24. The average molecular weight is 297 g/mol.